The van der Waals surface area contributed by atoms with E-state index in [4.69, 9.17) is 9.47 Å². The summed E-state index contributed by atoms with van der Waals surface area (Å²) in [7, 11) is 3.32. The smallest absolute Gasteiger partial charge is 0.294 e. The lowest BCUT2D eigenvalue weighted by atomic mass is 10.1. The van der Waals surface area contributed by atoms with Gasteiger partial charge in [-0.15, -0.1) is 0 Å². The van der Waals surface area contributed by atoms with Gasteiger partial charge in [0.15, 0.2) is 0 Å². The molecule has 0 saturated heterocycles. The monoisotopic (exact) mass is 421 g/mol. The van der Waals surface area contributed by atoms with Crippen molar-refractivity contribution in [1.82, 2.24) is 9.55 Å². The molecule has 0 fully saturated rings. The number of rotatable bonds is 6. The number of hydrogen-bond donors (Lipinski definition) is 0. The van der Waals surface area contributed by atoms with Crippen LogP contribution in [0.25, 0.3) is 0 Å². The third-order valence-electron chi connectivity index (χ3n) is 4.83. The fourth-order valence-electron chi connectivity index (χ4n) is 3.57. The molecular weight excluding hydrogens is 398 g/mol. The van der Waals surface area contributed by atoms with E-state index in [0.29, 0.717) is 17.0 Å². The molecule has 0 bridgehead atoms. The first-order valence-electron chi connectivity index (χ1n) is 8.72. The Balaban J connectivity index is 2.10. The Morgan fingerprint density at radius 3 is 2.77 bits per heavy atom. The molecule has 0 N–H and O–H groups in total. The molecule has 3 rings (SSSR count). The summed E-state index contributed by atoms with van der Waals surface area (Å²) in [4.78, 5) is 19.7. The normalized spacial score (nSPS) is 14.4. The zero-order chi connectivity index (χ0) is 18.8. The molecule has 1 aromatic carbocycles. The Kier molecular flexibility index (Phi) is 5.67. The maximum Gasteiger partial charge on any atom is 0.294 e. The molecule has 1 aliphatic heterocycles. The molecule has 1 atom stereocenters. The molecule has 0 saturated carbocycles. The van der Waals surface area contributed by atoms with Crippen LogP contribution in [0.2, 0.25) is 0 Å². The predicted octanol–water partition coefficient (Wildman–Crippen LogP) is 3.61. The number of nitrogens with zero attached hydrogens (tertiary/aromatic N) is 3. The van der Waals surface area contributed by atoms with Crippen molar-refractivity contribution in [1.29, 1.82) is 0 Å². The zero-order valence-electron chi connectivity index (χ0n) is 15.6. The third kappa shape index (κ3) is 3.38. The van der Waals surface area contributed by atoms with Crippen LogP contribution < -0.4 is 15.2 Å². The second-order valence-electron chi connectivity index (χ2n) is 6.47. The van der Waals surface area contributed by atoms with Gasteiger partial charge in [0.1, 0.15) is 10.4 Å². The molecule has 0 amide bonds. The Labute approximate surface area is 161 Å². The standard InChI is InChI=1S/C19H24BrN3O3/c1-5-14(11-25-3)23-10-16(20)21-18(19(23)24)22-7-6-13-9-15(26-4)8-12(2)17(13)22/h8-10,14H,5-7,11H2,1-4H3. The largest absolute Gasteiger partial charge is 0.497 e. The molecule has 1 aromatic heterocycles. The lowest BCUT2D eigenvalue weighted by Gasteiger charge is -2.23. The third-order valence-corrected chi connectivity index (χ3v) is 5.21. The van der Waals surface area contributed by atoms with Crippen LogP contribution in [0.5, 0.6) is 5.75 Å². The number of hydrogen-bond acceptors (Lipinski definition) is 5. The first-order valence-corrected chi connectivity index (χ1v) is 9.52. The highest BCUT2D eigenvalue weighted by Gasteiger charge is 2.28. The number of methoxy groups -OCH3 is 2. The fraction of sp³-hybridized carbons (Fsp3) is 0.474. The Morgan fingerprint density at radius 1 is 1.35 bits per heavy atom. The van der Waals surface area contributed by atoms with E-state index < -0.39 is 0 Å². The van der Waals surface area contributed by atoms with E-state index in [1.54, 1.807) is 25.0 Å². The van der Waals surface area contributed by atoms with Crippen molar-refractivity contribution in [3.05, 3.63) is 44.4 Å². The van der Waals surface area contributed by atoms with Crippen LogP contribution in [0.3, 0.4) is 0 Å². The van der Waals surface area contributed by atoms with Gasteiger partial charge in [-0.3, -0.25) is 4.79 Å². The van der Waals surface area contributed by atoms with Crippen LogP contribution in [0.1, 0.15) is 30.5 Å². The highest BCUT2D eigenvalue weighted by Crippen LogP contribution is 2.38. The molecule has 1 unspecified atom stereocenters. The number of halogens is 1. The SMILES string of the molecule is CCC(COC)n1cc(Br)nc(N2CCc3cc(OC)cc(C)c32)c1=O. The van der Waals surface area contributed by atoms with Crippen molar-refractivity contribution in [3.8, 4) is 5.75 Å². The molecule has 0 radical (unpaired) electrons. The van der Waals surface area contributed by atoms with Crippen molar-refractivity contribution in [2.75, 3.05) is 32.3 Å². The molecule has 7 heteroatoms. The van der Waals surface area contributed by atoms with Crippen molar-refractivity contribution in [2.45, 2.75) is 32.7 Å². The summed E-state index contributed by atoms with van der Waals surface area (Å²) < 4.78 is 13.0. The van der Waals surface area contributed by atoms with Gasteiger partial charge < -0.3 is 18.9 Å². The lowest BCUT2D eigenvalue weighted by Crippen LogP contribution is -2.33. The van der Waals surface area contributed by atoms with Gasteiger partial charge >= 0.3 is 0 Å². The summed E-state index contributed by atoms with van der Waals surface area (Å²) in [5.41, 5.74) is 3.21. The summed E-state index contributed by atoms with van der Waals surface area (Å²) in [6, 6.07) is 4.01. The van der Waals surface area contributed by atoms with Crippen molar-refractivity contribution in [2.24, 2.45) is 0 Å². The van der Waals surface area contributed by atoms with Gasteiger partial charge in [0.05, 0.1) is 19.8 Å². The van der Waals surface area contributed by atoms with E-state index >= 15 is 0 Å². The van der Waals surface area contributed by atoms with Crippen LogP contribution >= 0.6 is 15.9 Å². The molecule has 2 heterocycles. The molecule has 0 aliphatic carbocycles. The number of aryl methyl sites for hydroxylation is 1. The van der Waals surface area contributed by atoms with Crippen molar-refractivity contribution < 1.29 is 9.47 Å². The summed E-state index contributed by atoms with van der Waals surface area (Å²) in [5.74, 6) is 1.29. The molecule has 0 spiro atoms. The van der Waals surface area contributed by atoms with Crippen LogP contribution in [0.15, 0.2) is 27.7 Å². The maximum atomic E-state index is 13.2. The Hall–Kier alpha value is -1.86. The van der Waals surface area contributed by atoms with Crippen LogP contribution in [0, 0.1) is 6.92 Å². The summed E-state index contributed by atoms with van der Waals surface area (Å²) >= 11 is 3.47. The van der Waals surface area contributed by atoms with Gasteiger partial charge in [0.2, 0.25) is 5.82 Å². The molecule has 2 aromatic rings. The van der Waals surface area contributed by atoms with E-state index in [9.17, 15) is 4.79 Å². The Bertz CT molecular complexity index is 866. The quantitative estimate of drug-likeness (QED) is 0.712. The summed E-state index contributed by atoms with van der Waals surface area (Å²) in [5, 5.41) is 0. The number of fused-ring (bicyclic) bond motifs is 1. The van der Waals surface area contributed by atoms with Crippen LogP contribution in [-0.4, -0.2) is 36.9 Å². The molecule has 26 heavy (non-hydrogen) atoms. The summed E-state index contributed by atoms with van der Waals surface area (Å²) in [6.45, 7) is 5.30. The average molecular weight is 422 g/mol. The van der Waals surface area contributed by atoms with Gasteiger partial charge in [-0.1, -0.05) is 6.92 Å². The molecule has 1 aliphatic rings. The number of anilines is 2. The number of benzene rings is 1. The van der Waals surface area contributed by atoms with Gasteiger partial charge in [-0.05, 0) is 59.0 Å². The minimum Gasteiger partial charge on any atom is -0.497 e. The highest BCUT2D eigenvalue weighted by atomic mass is 79.9. The van der Waals surface area contributed by atoms with E-state index in [1.807, 2.05) is 30.9 Å². The second kappa shape index (κ2) is 7.80. The average Bonchev–Trinajstić information content (AvgIpc) is 3.05. The maximum absolute atomic E-state index is 13.2. The van der Waals surface area contributed by atoms with E-state index in [0.717, 1.165) is 36.4 Å². The van der Waals surface area contributed by atoms with Gasteiger partial charge in [-0.2, -0.15) is 0 Å². The van der Waals surface area contributed by atoms with Gasteiger partial charge in [-0.25, -0.2) is 4.98 Å². The number of aromatic nitrogens is 2. The second-order valence-corrected chi connectivity index (χ2v) is 7.28. The molecule has 140 valence electrons. The first-order chi connectivity index (χ1) is 12.5. The van der Waals surface area contributed by atoms with Crippen molar-refractivity contribution in [3.63, 3.8) is 0 Å². The van der Waals surface area contributed by atoms with Crippen molar-refractivity contribution >= 4 is 27.4 Å². The highest BCUT2D eigenvalue weighted by molar-refractivity contribution is 9.10. The minimum absolute atomic E-state index is 0.0235. The summed E-state index contributed by atoms with van der Waals surface area (Å²) in [6.07, 6.45) is 3.41. The van der Waals surface area contributed by atoms with Crippen LogP contribution in [-0.2, 0) is 11.2 Å². The van der Waals surface area contributed by atoms with E-state index in [-0.39, 0.29) is 11.6 Å². The zero-order valence-corrected chi connectivity index (χ0v) is 17.2. The lowest BCUT2D eigenvalue weighted by molar-refractivity contribution is 0.151. The molecule has 6 nitrogen and oxygen atoms in total. The Morgan fingerprint density at radius 2 is 2.12 bits per heavy atom. The van der Waals surface area contributed by atoms with E-state index in [2.05, 4.69) is 20.9 Å². The van der Waals surface area contributed by atoms with Crippen LogP contribution in [0.4, 0.5) is 11.5 Å². The minimum atomic E-state index is -0.0971. The van der Waals surface area contributed by atoms with Gasteiger partial charge in [0.25, 0.3) is 5.56 Å². The first kappa shape index (κ1) is 18.9. The van der Waals surface area contributed by atoms with Gasteiger partial charge in [0, 0.05) is 25.5 Å². The molecular formula is C19H24BrN3O3. The fourth-order valence-corrected chi connectivity index (χ4v) is 3.96. The topological polar surface area (TPSA) is 56.6 Å². The number of ether oxygens (including phenoxy) is 2. The predicted molar refractivity (Wildman–Crippen MR) is 106 cm³/mol. The van der Waals surface area contributed by atoms with E-state index in [1.165, 1.54) is 5.56 Å².